The third-order valence-corrected chi connectivity index (χ3v) is 3.58. The van der Waals surface area contributed by atoms with E-state index in [0.29, 0.717) is 21.7 Å². The molecule has 3 aromatic rings. The molecule has 0 amide bonds. The molecule has 0 fully saturated rings. The van der Waals surface area contributed by atoms with Gasteiger partial charge in [-0.25, -0.2) is 9.67 Å². The molecular formula is C13H8Cl3N3. The number of rotatable bonds is 2. The summed E-state index contributed by atoms with van der Waals surface area (Å²) in [5, 5.41) is 6.90. The lowest BCUT2D eigenvalue weighted by atomic mass is 10.2. The van der Waals surface area contributed by atoms with Crippen LogP contribution in [0.2, 0.25) is 15.2 Å². The second-order valence-electron chi connectivity index (χ2n) is 4.08. The number of hydrogen-bond acceptors (Lipinski definition) is 2. The zero-order chi connectivity index (χ0) is 13.4. The normalized spacial score (nSPS) is 11.1. The summed E-state index contributed by atoms with van der Waals surface area (Å²) in [4.78, 5) is 4.28. The number of fused-ring (bicyclic) bond motifs is 1. The Morgan fingerprint density at radius 3 is 2.68 bits per heavy atom. The molecule has 0 aliphatic carbocycles. The van der Waals surface area contributed by atoms with Crippen LogP contribution in [0.25, 0.3) is 11.0 Å². The maximum absolute atomic E-state index is 6.16. The Bertz CT molecular complexity index is 752. The summed E-state index contributed by atoms with van der Waals surface area (Å²) in [6, 6.07) is 9.02. The first-order valence-corrected chi connectivity index (χ1v) is 6.69. The maximum atomic E-state index is 6.16. The molecule has 0 atom stereocenters. The molecule has 3 nitrogen and oxygen atoms in total. The van der Waals surface area contributed by atoms with Crippen molar-refractivity contribution in [1.29, 1.82) is 0 Å². The molecule has 0 bridgehead atoms. The van der Waals surface area contributed by atoms with E-state index in [1.807, 2.05) is 12.1 Å². The van der Waals surface area contributed by atoms with Crippen LogP contribution >= 0.6 is 34.8 Å². The first-order chi connectivity index (χ1) is 9.13. The average Bonchev–Trinajstić information content (AvgIpc) is 2.75. The lowest BCUT2D eigenvalue weighted by Gasteiger charge is -2.06. The van der Waals surface area contributed by atoms with Gasteiger partial charge in [-0.3, -0.25) is 0 Å². The van der Waals surface area contributed by atoms with Crippen LogP contribution in [0.5, 0.6) is 0 Å². The molecule has 0 aliphatic rings. The van der Waals surface area contributed by atoms with Gasteiger partial charge in [-0.15, -0.1) is 0 Å². The van der Waals surface area contributed by atoms with Gasteiger partial charge < -0.3 is 0 Å². The van der Waals surface area contributed by atoms with Crippen LogP contribution in [0.1, 0.15) is 5.56 Å². The van der Waals surface area contributed by atoms with Gasteiger partial charge in [0.2, 0.25) is 0 Å². The molecule has 96 valence electrons. The molecule has 1 aromatic carbocycles. The van der Waals surface area contributed by atoms with Gasteiger partial charge in [-0.1, -0.05) is 40.9 Å². The fourth-order valence-electron chi connectivity index (χ4n) is 1.86. The summed E-state index contributed by atoms with van der Waals surface area (Å²) in [5.74, 6) is 0. The van der Waals surface area contributed by atoms with Crippen molar-refractivity contribution < 1.29 is 0 Å². The Balaban J connectivity index is 2.03. The van der Waals surface area contributed by atoms with Crippen molar-refractivity contribution in [3.63, 3.8) is 0 Å². The predicted octanol–water partition coefficient (Wildman–Crippen LogP) is 4.44. The highest BCUT2D eigenvalue weighted by molar-refractivity contribution is 6.35. The van der Waals surface area contributed by atoms with E-state index in [4.69, 9.17) is 34.8 Å². The van der Waals surface area contributed by atoms with Crippen molar-refractivity contribution in [2.24, 2.45) is 0 Å². The van der Waals surface area contributed by atoms with Gasteiger partial charge in [0.05, 0.1) is 12.7 Å². The minimum absolute atomic E-state index is 0.441. The molecule has 0 N–H and O–H groups in total. The van der Waals surface area contributed by atoms with E-state index in [9.17, 15) is 0 Å². The van der Waals surface area contributed by atoms with Crippen LogP contribution in [0.3, 0.4) is 0 Å². The quantitative estimate of drug-likeness (QED) is 0.655. The summed E-state index contributed by atoms with van der Waals surface area (Å²) in [5.41, 5.74) is 1.66. The van der Waals surface area contributed by atoms with Crippen LogP contribution < -0.4 is 0 Å². The van der Waals surface area contributed by atoms with E-state index in [-0.39, 0.29) is 0 Å². The van der Waals surface area contributed by atoms with Crippen LogP contribution in [0, 0.1) is 0 Å². The van der Waals surface area contributed by atoms with E-state index in [0.717, 1.165) is 16.6 Å². The molecule has 0 radical (unpaired) electrons. The van der Waals surface area contributed by atoms with Gasteiger partial charge in [0.25, 0.3) is 0 Å². The number of halogens is 3. The first kappa shape index (κ1) is 12.7. The highest BCUT2D eigenvalue weighted by Crippen LogP contribution is 2.23. The molecule has 3 rings (SSSR count). The Morgan fingerprint density at radius 2 is 1.89 bits per heavy atom. The van der Waals surface area contributed by atoms with Crippen molar-refractivity contribution in [2.75, 3.05) is 0 Å². The van der Waals surface area contributed by atoms with E-state index in [1.165, 1.54) is 0 Å². The van der Waals surface area contributed by atoms with Crippen molar-refractivity contribution in [1.82, 2.24) is 14.8 Å². The zero-order valence-corrected chi connectivity index (χ0v) is 11.9. The summed E-state index contributed by atoms with van der Waals surface area (Å²) >= 11 is 17.9. The summed E-state index contributed by atoms with van der Waals surface area (Å²) in [6.07, 6.45) is 1.75. The van der Waals surface area contributed by atoms with Crippen LogP contribution in [0.4, 0.5) is 0 Å². The SMILES string of the molecule is Clc1ccc(Cn2ncc3ccc(Cl)nc32)c(Cl)c1. The van der Waals surface area contributed by atoms with Gasteiger partial charge in [-0.2, -0.15) is 5.10 Å². The van der Waals surface area contributed by atoms with Crippen LogP contribution in [-0.2, 0) is 6.54 Å². The highest BCUT2D eigenvalue weighted by Gasteiger charge is 2.08. The Morgan fingerprint density at radius 1 is 1.05 bits per heavy atom. The van der Waals surface area contributed by atoms with Gasteiger partial charge in [-0.05, 0) is 29.8 Å². The van der Waals surface area contributed by atoms with Gasteiger partial charge in [0.15, 0.2) is 5.65 Å². The third-order valence-electron chi connectivity index (χ3n) is 2.79. The topological polar surface area (TPSA) is 30.7 Å². The van der Waals surface area contributed by atoms with E-state index < -0.39 is 0 Å². The minimum atomic E-state index is 0.441. The Hall–Kier alpha value is -1.29. The van der Waals surface area contributed by atoms with Crippen molar-refractivity contribution in [2.45, 2.75) is 6.54 Å². The van der Waals surface area contributed by atoms with E-state index >= 15 is 0 Å². The fraction of sp³-hybridized carbons (Fsp3) is 0.0769. The number of aromatic nitrogens is 3. The van der Waals surface area contributed by atoms with Crippen molar-refractivity contribution in [3.8, 4) is 0 Å². The number of pyridine rings is 1. The van der Waals surface area contributed by atoms with E-state index in [2.05, 4.69) is 10.1 Å². The Kier molecular flexibility index (Phi) is 3.35. The molecule has 0 spiro atoms. The maximum Gasteiger partial charge on any atom is 0.159 e. The van der Waals surface area contributed by atoms with Crippen LogP contribution in [0.15, 0.2) is 36.5 Å². The molecule has 19 heavy (non-hydrogen) atoms. The molecule has 0 unspecified atom stereocenters. The molecule has 2 heterocycles. The van der Waals surface area contributed by atoms with Crippen LogP contribution in [-0.4, -0.2) is 14.8 Å². The summed E-state index contributed by atoms with van der Waals surface area (Å²) < 4.78 is 1.76. The molecule has 0 saturated carbocycles. The van der Waals surface area contributed by atoms with Crippen molar-refractivity contribution >= 4 is 45.8 Å². The smallest absolute Gasteiger partial charge is 0.159 e. The lowest BCUT2D eigenvalue weighted by molar-refractivity contribution is 0.704. The second-order valence-corrected chi connectivity index (χ2v) is 5.32. The fourth-order valence-corrected chi connectivity index (χ4v) is 2.47. The van der Waals surface area contributed by atoms with E-state index in [1.54, 1.807) is 29.1 Å². The Labute approximate surface area is 124 Å². The number of nitrogens with zero attached hydrogens (tertiary/aromatic N) is 3. The number of hydrogen-bond donors (Lipinski definition) is 0. The number of benzene rings is 1. The predicted molar refractivity (Wildman–Crippen MR) is 78.1 cm³/mol. The average molecular weight is 313 g/mol. The van der Waals surface area contributed by atoms with Gasteiger partial charge >= 0.3 is 0 Å². The third kappa shape index (κ3) is 2.54. The largest absolute Gasteiger partial charge is 0.243 e. The highest BCUT2D eigenvalue weighted by atomic mass is 35.5. The first-order valence-electron chi connectivity index (χ1n) is 5.55. The van der Waals surface area contributed by atoms with Crippen molar-refractivity contribution in [3.05, 3.63) is 57.3 Å². The molecular weight excluding hydrogens is 305 g/mol. The summed E-state index contributed by atoms with van der Waals surface area (Å²) in [6.45, 7) is 0.521. The minimum Gasteiger partial charge on any atom is -0.243 e. The standard InChI is InChI=1S/C13H8Cl3N3/c14-10-3-1-9(11(15)5-10)7-19-13-8(6-17-19)2-4-12(16)18-13/h1-6H,7H2. The van der Waals surface area contributed by atoms with Gasteiger partial charge in [0.1, 0.15) is 5.15 Å². The van der Waals surface area contributed by atoms with Gasteiger partial charge in [0, 0.05) is 15.4 Å². The lowest BCUT2D eigenvalue weighted by Crippen LogP contribution is -2.03. The zero-order valence-electron chi connectivity index (χ0n) is 9.65. The molecule has 6 heteroatoms. The monoisotopic (exact) mass is 311 g/mol. The molecule has 0 aliphatic heterocycles. The summed E-state index contributed by atoms with van der Waals surface area (Å²) in [7, 11) is 0. The molecule has 2 aromatic heterocycles. The second kappa shape index (κ2) is 5.00. The molecule has 0 saturated heterocycles.